The van der Waals surface area contributed by atoms with Gasteiger partial charge in [-0.2, -0.15) is 8.42 Å². The van der Waals surface area contributed by atoms with Gasteiger partial charge >= 0.3 is 0 Å². The zero-order chi connectivity index (χ0) is 28.0. The second-order valence-electron chi connectivity index (χ2n) is 11.4. The number of hydrogen-bond acceptors (Lipinski definition) is 9. The molecule has 12 heteroatoms. The molecule has 2 N–H and O–H groups in total. The van der Waals surface area contributed by atoms with E-state index in [1.54, 1.807) is 18.2 Å². The molecule has 0 bridgehead atoms. The molecule has 2 aromatic rings. The van der Waals surface area contributed by atoms with Crippen LogP contribution < -0.4 is 19.3 Å². The first kappa shape index (κ1) is 27.9. The first-order chi connectivity index (χ1) is 18.4. The normalized spacial score (nSPS) is 22.7. The highest BCUT2D eigenvalue weighted by Crippen LogP contribution is 2.47. The minimum Gasteiger partial charge on any atom is -0.474 e. The van der Waals surface area contributed by atoms with Crippen molar-refractivity contribution in [3.8, 4) is 5.75 Å². The molecule has 0 radical (unpaired) electrons. The molecule has 1 amide bonds. The Bertz CT molecular complexity index is 1340. The molecule has 2 saturated heterocycles. The van der Waals surface area contributed by atoms with Crippen molar-refractivity contribution >= 4 is 39.0 Å². The minimum absolute atomic E-state index is 0.0484. The molecular weight excluding hydrogens is 544 g/mol. The fraction of sp³-hybridized carbons (Fsp3) is 0.556. The van der Waals surface area contributed by atoms with Gasteiger partial charge in [-0.1, -0.05) is 23.7 Å². The van der Waals surface area contributed by atoms with E-state index in [9.17, 15) is 18.3 Å². The fourth-order valence-corrected chi connectivity index (χ4v) is 6.24. The van der Waals surface area contributed by atoms with Gasteiger partial charge in [0.25, 0.3) is 15.9 Å². The lowest BCUT2D eigenvalue weighted by Crippen LogP contribution is -2.43. The van der Waals surface area contributed by atoms with E-state index in [-0.39, 0.29) is 16.7 Å². The van der Waals surface area contributed by atoms with E-state index in [4.69, 9.17) is 21.1 Å². The predicted molar refractivity (Wildman–Crippen MR) is 148 cm³/mol. The molecule has 1 aromatic carbocycles. The first-order valence-corrected chi connectivity index (χ1v) is 15.1. The summed E-state index contributed by atoms with van der Waals surface area (Å²) in [6, 6.07) is 9.98. The summed E-state index contributed by atoms with van der Waals surface area (Å²) in [5.74, 6) is 0.0280. The molecule has 212 valence electrons. The van der Waals surface area contributed by atoms with Crippen LogP contribution in [-0.4, -0.2) is 74.0 Å². The monoisotopic (exact) mass is 578 g/mol. The number of rotatable bonds is 8. The summed E-state index contributed by atoms with van der Waals surface area (Å²) < 4.78 is 40.8. The van der Waals surface area contributed by atoms with Crippen LogP contribution in [0.3, 0.4) is 0 Å². The van der Waals surface area contributed by atoms with Gasteiger partial charge in [-0.15, -0.1) is 0 Å². The Morgan fingerprint density at radius 3 is 2.49 bits per heavy atom. The van der Waals surface area contributed by atoms with Gasteiger partial charge < -0.3 is 24.4 Å². The molecule has 3 fully saturated rings. The highest BCUT2D eigenvalue weighted by atomic mass is 35.5. The molecule has 1 saturated carbocycles. The molecule has 39 heavy (non-hydrogen) atoms. The summed E-state index contributed by atoms with van der Waals surface area (Å²) in [5.41, 5.74) is -0.864. The van der Waals surface area contributed by atoms with Crippen LogP contribution >= 0.6 is 11.6 Å². The van der Waals surface area contributed by atoms with Gasteiger partial charge in [0.2, 0.25) is 0 Å². The number of aliphatic hydroxyl groups excluding tert-OH is 1. The second kappa shape index (κ2) is 10.4. The topological polar surface area (TPSA) is 121 Å². The van der Waals surface area contributed by atoms with E-state index in [2.05, 4.69) is 14.6 Å². The van der Waals surface area contributed by atoms with E-state index >= 15 is 0 Å². The standard InChI is InChI=1S/C27H35ClN4O6S/c1-26(2,3)37-19-11-15-31(17-19)21-7-4-6-20(28)24(21)38-27(12-13-27)25(34)30-39(35,36)23-9-5-8-22(29-23)32-14-10-18(33)16-32/h4-9,18-19,33H,10-17H2,1-3H3,(H,30,34)/t18-,19?/m0/s1. The summed E-state index contributed by atoms with van der Waals surface area (Å²) >= 11 is 6.54. The minimum atomic E-state index is -4.26. The molecule has 10 nitrogen and oxygen atoms in total. The Balaban J connectivity index is 1.31. The number of pyridine rings is 1. The van der Waals surface area contributed by atoms with Crippen molar-refractivity contribution in [2.24, 2.45) is 0 Å². The van der Waals surface area contributed by atoms with Gasteiger partial charge in [-0.05, 0) is 57.9 Å². The van der Waals surface area contributed by atoms with Crippen molar-refractivity contribution in [1.82, 2.24) is 9.71 Å². The van der Waals surface area contributed by atoms with Gasteiger partial charge in [-0.25, -0.2) is 9.71 Å². The molecule has 5 rings (SSSR count). The Morgan fingerprint density at radius 1 is 1.10 bits per heavy atom. The first-order valence-electron chi connectivity index (χ1n) is 13.2. The van der Waals surface area contributed by atoms with Crippen molar-refractivity contribution in [2.75, 3.05) is 36.0 Å². The summed E-state index contributed by atoms with van der Waals surface area (Å²) in [4.78, 5) is 21.5. The van der Waals surface area contributed by atoms with Crippen molar-refractivity contribution in [2.45, 2.75) is 74.9 Å². The third-order valence-electron chi connectivity index (χ3n) is 7.07. The van der Waals surface area contributed by atoms with Crippen LogP contribution in [0.15, 0.2) is 41.4 Å². The van der Waals surface area contributed by atoms with E-state index in [1.807, 2.05) is 37.8 Å². The predicted octanol–water partition coefficient (Wildman–Crippen LogP) is 3.12. The van der Waals surface area contributed by atoms with Gasteiger partial charge in [0.05, 0.1) is 28.5 Å². The third-order valence-corrected chi connectivity index (χ3v) is 8.60. The maximum absolute atomic E-state index is 13.3. The molecular formula is C27H35ClN4O6S. The van der Waals surface area contributed by atoms with Crippen molar-refractivity contribution in [1.29, 1.82) is 0 Å². The number of para-hydroxylation sites is 1. The number of nitrogens with one attached hydrogen (secondary N) is 1. The lowest BCUT2D eigenvalue weighted by atomic mass is 10.2. The van der Waals surface area contributed by atoms with E-state index in [0.29, 0.717) is 55.5 Å². The van der Waals surface area contributed by atoms with E-state index in [0.717, 1.165) is 18.7 Å². The maximum atomic E-state index is 13.3. The Hall–Kier alpha value is -2.60. The third kappa shape index (κ3) is 6.26. The molecule has 1 aromatic heterocycles. The number of halogens is 1. The number of β-amino-alcohol motifs (C(OH)–C–C–N with tert-alkyl or cyclic N) is 1. The molecule has 0 spiro atoms. The van der Waals surface area contributed by atoms with Crippen LogP contribution in [-0.2, 0) is 19.6 Å². The number of amides is 1. The van der Waals surface area contributed by atoms with Crippen LogP contribution in [0.4, 0.5) is 11.5 Å². The van der Waals surface area contributed by atoms with Crippen LogP contribution in [0.1, 0.15) is 46.5 Å². The quantitative estimate of drug-likeness (QED) is 0.486. The largest absolute Gasteiger partial charge is 0.474 e. The SMILES string of the molecule is CC(C)(C)OC1CCN(c2cccc(Cl)c2OC2(C(=O)NS(=O)(=O)c3cccc(N4CC[C@H](O)C4)n3)CC2)C1. The van der Waals surface area contributed by atoms with Crippen LogP contribution in [0.2, 0.25) is 5.02 Å². The Kier molecular flexibility index (Phi) is 7.47. The van der Waals surface area contributed by atoms with Gasteiger partial charge in [0.15, 0.2) is 16.4 Å². The number of benzene rings is 1. The van der Waals surface area contributed by atoms with E-state index < -0.39 is 27.6 Å². The number of anilines is 2. The lowest BCUT2D eigenvalue weighted by molar-refractivity contribution is -0.127. The Morgan fingerprint density at radius 2 is 1.82 bits per heavy atom. The van der Waals surface area contributed by atoms with Gasteiger partial charge in [0.1, 0.15) is 5.82 Å². The van der Waals surface area contributed by atoms with Crippen molar-refractivity contribution in [3.05, 3.63) is 41.4 Å². The number of ether oxygens (including phenoxy) is 2. The highest BCUT2D eigenvalue weighted by Gasteiger charge is 2.55. The number of aliphatic hydroxyl groups is 1. The zero-order valence-corrected chi connectivity index (χ0v) is 24.0. The molecule has 1 unspecified atom stereocenters. The summed E-state index contributed by atoms with van der Waals surface area (Å²) in [6.07, 6.45) is 1.70. The summed E-state index contributed by atoms with van der Waals surface area (Å²) in [6.45, 7) is 8.40. The smallest absolute Gasteiger partial charge is 0.281 e. The van der Waals surface area contributed by atoms with Crippen LogP contribution in [0, 0.1) is 0 Å². The number of nitrogens with zero attached hydrogens (tertiary/aromatic N) is 3. The summed E-state index contributed by atoms with van der Waals surface area (Å²) in [7, 11) is -4.26. The van der Waals surface area contributed by atoms with Crippen LogP contribution in [0.5, 0.6) is 5.75 Å². The number of aromatic nitrogens is 1. The molecule has 3 aliphatic rings. The van der Waals surface area contributed by atoms with Crippen molar-refractivity contribution < 1.29 is 27.8 Å². The zero-order valence-electron chi connectivity index (χ0n) is 22.4. The molecule has 2 atom stereocenters. The molecule has 1 aliphatic carbocycles. The maximum Gasteiger partial charge on any atom is 0.281 e. The van der Waals surface area contributed by atoms with Crippen LogP contribution in [0.25, 0.3) is 0 Å². The number of carbonyl (C=O) groups is 1. The van der Waals surface area contributed by atoms with Gasteiger partial charge in [-0.3, -0.25) is 4.79 Å². The fourth-order valence-electron chi connectivity index (χ4n) is 5.02. The Labute approximate surface area is 234 Å². The average Bonchev–Trinajstić information content (AvgIpc) is 3.29. The molecule has 3 heterocycles. The number of carbonyl (C=O) groups excluding carboxylic acids is 1. The van der Waals surface area contributed by atoms with Crippen molar-refractivity contribution in [3.63, 3.8) is 0 Å². The van der Waals surface area contributed by atoms with E-state index in [1.165, 1.54) is 6.07 Å². The highest BCUT2D eigenvalue weighted by molar-refractivity contribution is 7.90. The lowest BCUT2D eigenvalue weighted by Gasteiger charge is -2.27. The molecule has 2 aliphatic heterocycles. The average molecular weight is 579 g/mol. The number of sulfonamides is 1. The van der Waals surface area contributed by atoms with Gasteiger partial charge in [0, 0.05) is 39.0 Å². The summed E-state index contributed by atoms with van der Waals surface area (Å²) in [5, 5.41) is 9.89. The second-order valence-corrected chi connectivity index (χ2v) is 13.5. The number of hydrogen-bond donors (Lipinski definition) is 2.